The Morgan fingerprint density at radius 1 is 1.22 bits per heavy atom. The Balaban J connectivity index is 2.26. The van der Waals surface area contributed by atoms with Gasteiger partial charge >= 0.3 is 0 Å². The van der Waals surface area contributed by atoms with Crippen LogP contribution in [0.1, 0.15) is 6.42 Å². The molecule has 0 saturated heterocycles. The molecule has 1 aromatic carbocycles. The predicted octanol–water partition coefficient (Wildman–Crippen LogP) is 0.768. The van der Waals surface area contributed by atoms with Crippen molar-refractivity contribution in [2.75, 3.05) is 5.75 Å². The highest BCUT2D eigenvalue weighted by Crippen LogP contribution is 2.20. The Bertz CT molecular complexity index is 667. The molecule has 0 aliphatic rings. The minimum absolute atomic E-state index is 0.179. The Labute approximate surface area is 105 Å². The zero-order valence-corrected chi connectivity index (χ0v) is 10.4. The molecule has 0 spiro atoms. The van der Waals surface area contributed by atoms with Gasteiger partial charge in [-0.3, -0.25) is 0 Å². The van der Waals surface area contributed by atoms with Crippen molar-refractivity contribution in [3.8, 4) is 5.75 Å². The van der Waals surface area contributed by atoms with E-state index in [1.807, 2.05) is 10.6 Å². The second kappa shape index (κ2) is 4.91. The van der Waals surface area contributed by atoms with Crippen LogP contribution in [0.15, 0.2) is 36.5 Å². The molecule has 0 atom stereocenters. The van der Waals surface area contributed by atoms with Crippen molar-refractivity contribution in [2.24, 2.45) is 0 Å². The average Bonchev–Trinajstić information content (AvgIpc) is 2.29. The first-order valence-corrected chi connectivity index (χ1v) is 7.09. The number of benzene rings is 1. The van der Waals surface area contributed by atoms with Crippen molar-refractivity contribution in [3.63, 3.8) is 0 Å². The first-order valence-electron chi connectivity index (χ1n) is 5.51. The molecule has 18 heavy (non-hydrogen) atoms. The minimum atomic E-state index is -4.17. The fourth-order valence-corrected chi connectivity index (χ4v) is 2.38. The lowest BCUT2D eigenvalue weighted by molar-refractivity contribution is -0.671. The van der Waals surface area contributed by atoms with Crippen LogP contribution in [0, 0.1) is 0 Å². The summed E-state index contributed by atoms with van der Waals surface area (Å²) >= 11 is 0. The third-order valence-corrected chi connectivity index (χ3v) is 3.48. The molecule has 1 aromatic heterocycles. The van der Waals surface area contributed by atoms with Crippen LogP contribution >= 0.6 is 0 Å². The molecule has 1 heterocycles. The molecule has 0 unspecified atom stereocenters. The molecule has 6 heteroatoms. The predicted molar refractivity (Wildman–Crippen MR) is 65.0 cm³/mol. The summed E-state index contributed by atoms with van der Waals surface area (Å²) in [7, 11) is -4.17. The molecule has 96 valence electrons. The van der Waals surface area contributed by atoms with Crippen LogP contribution in [0.25, 0.3) is 10.9 Å². The first kappa shape index (κ1) is 12.8. The van der Waals surface area contributed by atoms with Crippen LogP contribution in [-0.2, 0) is 16.7 Å². The second-order valence-electron chi connectivity index (χ2n) is 4.03. The van der Waals surface area contributed by atoms with Crippen LogP contribution in [0.5, 0.6) is 5.75 Å². The molecule has 2 aromatic rings. The SMILES string of the molecule is O=S(=O)([O-])CCC[n+]1cccc2c(O)cccc21. The molecule has 0 fully saturated rings. The van der Waals surface area contributed by atoms with E-state index in [-0.39, 0.29) is 17.9 Å². The molecule has 5 nitrogen and oxygen atoms in total. The summed E-state index contributed by atoms with van der Waals surface area (Å²) in [5.74, 6) is -0.201. The fourth-order valence-electron chi connectivity index (χ4n) is 1.89. The number of hydrogen-bond donors (Lipinski definition) is 1. The van der Waals surface area contributed by atoms with Gasteiger partial charge in [0, 0.05) is 24.3 Å². The summed E-state index contributed by atoms with van der Waals surface area (Å²) in [4.78, 5) is 0. The molecular formula is C12H13NO4S. The van der Waals surface area contributed by atoms with Crippen LogP contribution in [-0.4, -0.2) is 23.8 Å². The van der Waals surface area contributed by atoms with Crippen LogP contribution in [0.3, 0.4) is 0 Å². The van der Waals surface area contributed by atoms with E-state index in [2.05, 4.69) is 0 Å². The van der Waals surface area contributed by atoms with E-state index >= 15 is 0 Å². The highest BCUT2D eigenvalue weighted by Gasteiger charge is 2.10. The number of aryl methyl sites for hydroxylation is 1. The minimum Gasteiger partial charge on any atom is -0.748 e. The third-order valence-electron chi connectivity index (χ3n) is 2.69. The van der Waals surface area contributed by atoms with Gasteiger partial charge in [0.1, 0.15) is 12.3 Å². The van der Waals surface area contributed by atoms with Crippen molar-refractivity contribution in [1.82, 2.24) is 0 Å². The number of aromatic nitrogens is 1. The number of fused-ring (bicyclic) bond motifs is 1. The number of rotatable bonds is 4. The molecule has 0 aliphatic heterocycles. The Morgan fingerprint density at radius 2 is 2.00 bits per heavy atom. The quantitative estimate of drug-likeness (QED) is 0.655. The summed E-state index contributed by atoms with van der Waals surface area (Å²) in [5, 5.41) is 10.4. The van der Waals surface area contributed by atoms with E-state index in [0.717, 1.165) is 5.52 Å². The largest absolute Gasteiger partial charge is 0.748 e. The Kier molecular flexibility index (Phi) is 3.49. The molecule has 0 amide bonds. The van der Waals surface area contributed by atoms with Gasteiger partial charge in [-0.15, -0.1) is 0 Å². The standard InChI is InChI=1S/C12H13NO4S/c14-12-6-1-5-11-10(12)4-2-7-13(11)8-3-9-18(15,16)17/h1-2,4-7H,3,8-9H2,(H,15,16,17). The number of pyridine rings is 1. The Hall–Kier alpha value is -1.66. The van der Waals surface area contributed by atoms with Crippen molar-refractivity contribution in [3.05, 3.63) is 36.5 Å². The van der Waals surface area contributed by atoms with Crippen LogP contribution < -0.4 is 4.57 Å². The van der Waals surface area contributed by atoms with Gasteiger partial charge in [-0.1, -0.05) is 6.07 Å². The third kappa shape index (κ3) is 2.96. The topological polar surface area (TPSA) is 81.3 Å². The molecule has 2 rings (SSSR count). The van der Waals surface area contributed by atoms with Crippen LogP contribution in [0.2, 0.25) is 0 Å². The molecule has 0 saturated carbocycles. The van der Waals surface area contributed by atoms with Gasteiger partial charge in [-0.2, -0.15) is 4.57 Å². The average molecular weight is 267 g/mol. The van der Waals surface area contributed by atoms with Gasteiger partial charge in [0.2, 0.25) is 5.52 Å². The summed E-state index contributed by atoms with van der Waals surface area (Å²) in [6.45, 7) is 0.419. The van der Waals surface area contributed by atoms with Crippen molar-refractivity contribution in [1.29, 1.82) is 0 Å². The van der Waals surface area contributed by atoms with Gasteiger partial charge in [0.05, 0.1) is 15.5 Å². The lowest BCUT2D eigenvalue weighted by Crippen LogP contribution is -2.34. The zero-order valence-electron chi connectivity index (χ0n) is 9.61. The van der Waals surface area contributed by atoms with Gasteiger partial charge in [-0.25, -0.2) is 8.42 Å². The van der Waals surface area contributed by atoms with Crippen molar-refractivity contribution >= 4 is 21.0 Å². The van der Waals surface area contributed by atoms with Crippen LogP contribution in [0.4, 0.5) is 0 Å². The van der Waals surface area contributed by atoms with E-state index in [4.69, 9.17) is 0 Å². The summed E-state index contributed by atoms with van der Waals surface area (Å²) < 4.78 is 33.4. The van der Waals surface area contributed by atoms with E-state index < -0.39 is 10.1 Å². The Morgan fingerprint density at radius 3 is 2.72 bits per heavy atom. The van der Waals surface area contributed by atoms with Crippen molar-refractivity contribution < 1.29 is 22.6 Å². The second-order valence-corrected chi connectivity index (χ2v) is 5.55. The van der Waals surface area contributed by atoms with Crippen molar-refractivity contribution in [2.45, 2.75) is 13.0 Å². The number of aromatic hydroxyl groups is 1. The zero-order chi connectivity index (χ0) is 13.2. The highest BCUT2D eigenvalue weighted by atomic mass is 32.2. The monoisotopic (exact) mass is 267 g/mol. The maximum atomic E-state index is 10.5. The molecule has 0 radical (unpaired) electrons. The first-order chi connectivity index (χ1) is 8.47. The van der Waals surface area contributed by atoms with Gasteiger partial charge in [0.25, 0.3) is 0 Å². The summed E-state index contributed by atoms with van der Waals surface area (Å²) in [6.07, 6.45) is 2.05. The van der Waals surface area contributed by atoms with E-state index in [0.29, 0.717) is 11.9 Å². The highest BCUT2D eigenvalue weighted by molar-refractivity contribution is 7.85. The molecule has 0 bridgehead atoms. The lowest BCUT2D eigenvalue weighted by atomic mass is 10.2. The normalized spacial score (nSPS) is 11.8. The van der Waals surface area contributed by atoms with Gasteiger partial charge < -0.3 is 9.66 Å². The number of hydrogen-bond acceptors (Lipinski definition) is 4. The van der Waals surface area contributed by atoms with E-state index in [1.54, 1.807) is 30.5 Å². The fraction of sp³-hybridized carbons (Fsp3) is 0.250. The smallest absolute Gasteiger partial charge is 0.216 e. The summed E-state index contributed by atoms with van der Waals surface area (Å²) in [5.41, 5.74) is 0.806. The van der Waals surface area contributed by atoms with Gasteiger partial charge in [0.15, 0.2) is 6.20 Å². The molecule has 0 aliphatic carbocycles. The molecule has 1 N–H and O–H groups in total. The van der Waals surface area contributed by atoms with E-state index in [1.165, 1.54) is 0 Å². The number of phenolic OH excluding ortho intramolecular Hbond substituents is 1. The summed E-state index contributed by atoms with van der Waals surface area (Å²) in [6, 6.07) is 8.70. The lowest BCUT2D eigenvalue weighted by Gasteiger charge is -2.05. The maximum Gasteiger partial charge on any atom is 0.216 e. The maximum absolute atomic E-state index is 10.5. The van der Waals surface area contributed by atoms with Gasteiger partial charge in [-0.05, 0) is 12.1 Å². The number of phenols is 1. The molecular weight excluding hydrogens is 254 g/mol. The number of nitrogens with zero attached hydrogens (tertiary/aromatic N) is 1. The van der Waals surface area contributed by atoms with E-state index in [9.17, 15) is 18.1 Å².